The highest BCUT2D eigenvalue weighted by atomic mass is 16.4. The standard InChI is InChI=1S/C18H17N3O4/c22-17(13-8-15-16(20-13)12(10-25-15)18(23)24)21-7-2-1-5-14(21)11-4-3-6-19-9-11/h3-4,6,8-10,14,20H,1-2,5,7H2,(H,23,24)/t14-/m0/s1. The lowest BCUT2D eigenvalue weighted by Crippen LogP contribution is -2.38. The monoisotopic (exact) mass is 339 g/mol. The SMILES string of the molecule is O=C(O)c1coc2cc(C(=O)N3CCCC[C@H]3c3cccnc3)[nH]c12. The molecule has 3 aromatic rings. The lowest BCUT2D eigenvalue weighted by Gasteiger charge is -2.35. The summed E-state index contributed by atoms with van der Waals surface area (Å²) in [6.45, 7) is 0.657. The Morgan fingerprint density at radius 2 is 2.24 bits per heavy atom. The number of carboxylic acids is 1. The zero-order valence-electron chi connectivity index (χ0n) is 13.4. The molecule has 1 aliphatic heterocycles. The molecule has 2 N–H and O–H groups in total. The molecule has 1 amide bonds. The number of amides is 1. The molecule has 0 bridgehead atoms. The number of carbonyl (C=O) groups excluding carboxylic acids is 1. The van der Waals surface area contributed by atoms with Gasteiger partial charge in [0, 0.05) is 25.0 Å². The quantitative estimate of drug-likeness (QED) is 0.763. The maximum absolute atomic E-state index is 13.0. The third-order valence-electron chi connectivity index (χ3n) is 4.65. The highest BCUT2D eigenvalue weighted by molar-refractivity contribution is 6.04. The van der Waals surface area contributed by atoms with E-state index < -0.39 is 5.97 Å². The molecule has 1 aliphatic rings. The highest BCUT2D eigenvalue weighted by Gasteiger charge is 2.30. The van der Waals surface area contributed by atoms with Gasteiger partial charge in [-0.15, -0.1) is 0 Å². The second kappa shape index (κ2) is 6.08. The number of hydrogen-bond donors (Lipinski definition) is 2. The number of carbonyl (C=O) groups is 2. The maximum atomic E-state index is 13.0. The zero-order valence-corrected chi connectivity index (χ0v) is 13.4. The lowest BCUT2D eigenvalue weighted by atomic mass is 9.96. The molecule has 7 heteroatoms. The number of aromatic amines is 1. The molecule has 128 valence electrons. The van der Waals surface area contributed by atoms with Gasteiger partial charge in [-0.05, 0) is 30.9 Å². The number of piperidine rings is 1. The first-order valence-corrected chi connectivity index (χ1v) is 8.19. The van der Waals surface area contributed by atoms with Crippen molar-refractivity contribution in [2.24, 2.45) is 0 Å². The van der Waals surface area contributed by atoms with Crippen LogP contribution >= 0.6 is 0 Å². The van der Waals surface area contributed by atoms with Crippen molar-refractivity contribution in [3.05, 3.63) is 53.7 Å². The normalized spacial score (nSPS) is 17.8. The van der Waals surface area contributed by atoms with Gasteiger partial charge in [-0.25, -0.2) is 4.79 Å². The van der Waals surface area contributed by atoms with Gasteiger partial charge in [0.1, 0.15) is 17.5 Å². The van der Waals surface area contributed by atoms with Crippen LogP contribution < -0.4 is 0 Å². The summed E-state index contributed by atoms with van der Waals surface area (Å²) in [5.41, 5.74) is 2.09. The molecule has 4 rings (SSSR count). The van der Waals surface area contributed by atoms with Gasteiger partial charge >= 0.3 is 5.97 Å². The molecular weight excluding hydrogens is 322 g/mol. The fourth-order valence-corrected chi connectivity index (χ4v) is 3.43. The second-order valence-electron chi connectivity index (χ2n) is 6.17. The van der Waals surface area contributed by atoms with Gasteiger partial charge < -0.3 is 19.4 Å². The van der Waals surface area contributed by atoms with Crippen LogP contribution in [-0.2, 0) is 0 Å². The summed E-state index contributed by atoms with van der Waals surface area (Å²) < 4.78 is 5.25. The number of aromatic nitrogens is 2. The van der Waals surface area contributed by atoms with E-state index in [9.17, 15) is 14.7 Å². The Bertz CT molecular complexity index is 928. The van der Waals surface area contributed by atoms with Crippen LogP contribution in [-0.4, -0.2) is 38.4 Å². The smallest absolute Gasteiger partial charge is 0.341 e. The Kier molecular flexibility index (Phi) is 3.76. The lowest BCUT2D eigenvalue weighted by molar-refractivity contribution is 0.0604. The van der Waals surface area contributed by atoms with E-state index >= 15 is 0 Å². The minimum absolute atomic E-state index is 0.0245. The van der Waals surface area contributed by atoms with Gasteiger partial charge in [0.25, 0.3) is 5.91 Å². The molecule has 1 atom stereocenters. The van der Waals surface area contributed by atoms with Crippen LogP contribution in [0.15, 0.2) is 41.3 Å². The van der Waals surface area contributed by atoms with E-state index in [4.69, 9.17) is 4.42 Å². The predicted octanol–water partition coefficient (Wildman–Crippen LogP) is 3.22. The van der Waals surface area contributed by atoms with E-state index in [-0.39, 0.29) is 17.5 Å². The zero-order chi connectivity index (χ0) is 17.4. The number of nitrogens with one attached hydrogen (secondary N) is 1. The van der Waals surface area contributed by atoms with E-state index in [1.807, 2.05) is 17.0 Å². The van der Waals surface area contributed by atoms with E-state index in [0.717, 1.165) is 24.8 Å². The third-order valence-corrected chi connectivity index (χ3v) is 4.65. The van der Waals surface area contributed by atoms with Gasteiger partial charge in [-0.3, -0.25) is 9.78 Å². The number of pyridine rings is 1. The Balaban J connectivity index is 1.67. The maximum Gasteiger partial charge on any atom is 0.341 e. The van der Waals surface area contributed by atoms with Gasteiger partial charge in [-0.2, -0.15) is 0 Å². The van der Waals surface area contributed by atoms with E-state index in [1.165, 1.54) is 6.26 Å². The molecule has 25 heavy (non-hydrogen) atoms. The van der Waals surface area contributed by atoms with Crippen LogP contribution in [0.1, 0.15) is 51.7 Å². The largest absolute Gasteiger partial charge is 0.477 e. The molecule has 3 aromatic heterocycles. The average molecular weight is 339 g/mol. The van der Waals surface area contributed by atoms with Crippen LogP contribution in [0.4, 0.5) is 0 Å². The molecule has 0 aliphatic carbocycles. The summed E-state index contributed by atoms with van der Waals surface area (Å²) in [7, 11) is 0. The molecule has 1 fully saturated rings. The van der Waals surface area contributed by atoms with Gasteiger partial charge in [0.15, 0.2) is 5.58 Å². The van der Waals surface area contributed by atoms with Crippen molar-refractivity contribution in [2.45, 2.75) is 25.3 Å². The first-order chi connectivity index (χ1) is 12.1. The molecule has 0 unspecified atom stereocenters. The van der Waals surface area contributed by atoms with E-state index in [0.29, 0.717) is 23.3 Å². The number of carboxylic acid groups (broad SMARTS) is 1. The molecule has 0 radical (unpaired) electrons. The number of H-pyrrole nitrogens is 1. The molecule has 0 aromatic carbocycles. The molecule has 4 heterocycles. The number of furan rings is 1. The van der Waals surface area contributed by atoms with Crippen molar-refractivity contribution >= 4 is 23.0 Å². The summed E-state index contributed by atoms with van der Waals surface area (Å²) in [5.74, 6) is -1.25. The summed E-state index contributed by atoms with van der Waals surface area (Å²) >= 11 is 0. The van der Waals surface area contributed by atoms with Crippen molar-refractivity contribution in [2.75, 3.05) is 6.54 Å². The molecular formula is C18H17N3O4. The van der Waals surface area contributed by atoms with Crippen molar-refractivity contribution in [3.8, 4) is 0 Å². The minimum atomic E-state index is -1.09. The van der Waals surface area contributed by atoms with Crippen molar-refractivity contribution in [1.29, 1.82) is 0 Å². The molecule has 0 saturated carbocycles. The minimum Gasteiger partial charge on any atom is -0.477 e. The summed E-state index contributed by atoms with van der Waals surface area (Å²) in [6.07, 6.45) is 7.56. The highest BCUT2D eigenvalue weighted by Crippen LogP contribution is 2.32. The first-order valence-electron chi connectivity index (χ1n) is 8.19. The number of aromatic carboxylic acids is 1. The molecule has 7 nitrogen and oxygen atoms in total. The number of nitrogens with zero attached hydrogens (tertiary/aromatic N) is 2. The van der Waals surface area contributed by atoms with Crippen molar-refractivity contribution < 1.29 is 19.1 Å². The summed E-state index contributed by atoms with van der Waals surface area (Å²) in [5, 5.41) is 9.18. The van der Waals surface area contributed by atoms with Crippen molar-refractivity contribution in [1.82, 2.24) is 14.9 Å². The van der Waals surface area contributed by atoms with E-state index in [2.05, 4.69) is 9.97 Å². The Hall–Kier alpha value is -3.09. The first kappa shape index (κ1) is 15.4. The number of likely N-dealkylation sites (tertiary alicyclic amines) is 1. The predicted molar refractivity (Wildman–Crippen MR) is 89.4 cm³/mol. The van der Waals surface area contributed by atoms with Gasteiger partial charge in [0.05, 0.1) is 11.6 Å². The van der Waals surface area contributed by atoms with Crippen LogP contribution in [0, 0.1) is 0 Å². The van der Waals surface area contributed by atoms with Crippen LogP contribution in [0.5, 0.6) is 0 Å². The number of rotatable bonds is 3. The average Bonchev–Trinajstić information content (AvgIpc) is 3.22. The Morgan fingerprint density at radius 1 is 1.36 bits per heavy atom. The number of hydrogen-bond acceptors (Lipinski definition) is 4. The Labute approximate surface area is 143 Å². The fourth-order valence-electron chi connectivity index (χ4n) is 3.43. The summed E-state index contributed by atoms with van der Waals surface area (Å²) in [6, 6.07) is 5.39. The van der Waals surface area contributed by atoms with Gasteiger partial charge in [0.2, 0.25) is 0 Å². The topological polar surface area (TPSA) is 99.4 Å². The van der Waals surface area contributed by atoms with Crippen molar-refractivity contribution in [3.63, 3.8) is 0 Å². The fraction of sp³-hybridized carbons (Fsp3) is 0.278. The molecule has 1 saturated heterocycles. The van der Waals surface area contributed by atoms with E-state index in [1.54, 1.807) is 18.5 Å². The Morgan fingerprint density at radius 3 is 3.00 bits per heavy atom. The van der Waals surface area contributed by atoms with Gasteiger partial charge in [-0.1, -0.05) is 6.07 Å². The summed E-state index contributed by atoms with van der Waals surface area (Å²) in [4.78, 5) is 33.1. The second-order valence-corrected chi connectivity index (χ2v) is 6.17. The van der Waals surface area contributed by atoms with Crippen LogP contribution in [0.3, 0.4) is 0 Å². The third kappa shape index (κ3) is 2.67. The number of fused-ring (bicyclic) bond motifs is 1. The molecule has 0 spiro atoms. The van der Waals surface area contributed by atoms with Crippen LogP contribution in [0.2, 0.25) is 0 Å². The van der Waals surface area contributed by atoms with Crippen LogP contribution in [0.25, 0.3) is 11.1 Å².